The van der Waals surface area contributed by atoms with E-state index in [9.17, 15) is 5.26 Å². The van der Waals surface area contributed by atoms with Crippen molar-refractivity contribution in [1.29, 1.82) is 5.26 Å². The third kappa shape index (κ3) is 3.79. The van der Waals surface area contributed by atoms with Crippen LogP contribution in [0.15, 0.2) is 66.7 Å². The molecule has 0 saturated carbocycles. The third-order valence-corrected chi connectivity index (χ3v) is 4.06. The molecule has 3 rings (SSSR count). The summed E-state index contributed by atoms with van der Waals surface area (Å²) >= 11 is 0. The molecule has 130 valence electrons. The number of hydrogen-bond acceptors (Lipinski definition) is 4. The van der Waals surface area contributed by atoms with Crippen molar-refractivity contribution >= 4 is 0 Å². The van der Waals surface area contributed by atoms with Gasteiger partial charge in [0.2, 0.25) is 0 Å². The van der Waals surface area contributed by atoms with Gasteiger partial charge in [-0.3, -0.25) is 0 Å². The fraction of sp³-hybridized carbons (Fsp3) is 0.136. The van der Waals surface area contributed by atoms with E-state index in [1.54, 1.807) is 20.3 Å². The minimum absolute atomic E-state index is 0.397. The predicted molar refractivity (Wildman–Crippen MR) is 100 cm³/mol. The van der Waals surface area contributed by atoms with Gasteiger partial charge in [0.15, 0.2) is 0 Å². The number of methoxy groups -OCH3 is 2. The zero-order valence-electron chi connectivity index (χ0n) is 14.7. The van der Waals surface area contributed by atoms with Gasteiger partial charge < -0.3 is 14.2 Å². The van der Waals surface area contributed by atoms with Crippen LogP contribution >= 0.6 is 0 Å². The Morgan fingerprint density at radius 2 is 1.65 bits per heavy atom. The highest BCUT2D eigenvalue weighted by atomic mass is 16.5. The van der Waals surface area contributed by atoms with Crippen molar-refractivity contribution in [3.8, 4) is 34.4 Å². The lowest BCUT2D eigenvalue weighted by atomic mass is 10.0. The van der Waals surface area contributed by atoms with Gasteiger partial charge in [-0.25, -0.2) is 0 Å². The summed E-state index contributed by atoms with van der Waals surface area (Å²) in [4.78, 5) is 0. The molecule has 3 aromatic rings. The van der Waals surface area contributed by atoms with Crippen LogP contribution in [0.25, 0.3) is 11.1 Å². The van der Waals surface area contributed by atoms with E-state index in [4.69, 9.17) is 14.2 Å². The molecule has 26 heavy (non-hydrogen) atoms. The van der Waals surface area contributed by atoms with Gasteiger partial charge >= 0.3 is 0 Å². The third-order valence-electron chi connectivity index (χ3n) is 4.06. The molecule has 0 radical (unpaired) electrons. The van der Waals surface area contributed by atoms with Crippen molar-refractivity contribution in [2.75, 3.05) is 14.2 Å². The zero-order valence-corrected chi connectivity index (χ0v) is 14.7. The number of rotatable bonds is 6. The van der Waals surface area contributed by atoms with E-state index in [2.05, 4.69) is 6.07 Å². The Bertz CT molecular complexity index is 930. The molecular weight excluding hydrogens is 326 g/mol. The topological polar surface area (TPSA) is 51.5 Å². The van der Waals surface area contributed by atoms with Crippen LogP contribution in [0.4, 0.5) is 0 Å². The maximum absolute atomic E-state index is 9.39. The van der Waals surface area contributed by atoms with Gasteiger partial charge in [0.05, 0.1) is 19.8 Å². The van der Waals surface area contributed by atoms with Crippen LogP contribution in [0, 0.1) is 11.3 Å². The number of nitriles is 1. The smallest absolute Gasteiger partial charge is 0.138 e. The summed E-state index contributed by atoms with van der Waals surface area (Å²) in [6.45, 7) is 0.397. The van der Waals surface area contributed by atoms with Gasteiger partial charge in [-0.2, -0.15) is 5.26 Å². The number of benzene rings is 3. The molecule has 0 unspecified atom stereocenters. The maximum Gasteiger partial charge on any atom is 0.138 e. The lowest BCUT2D eigenvalue weighted by Crippen LogP contribution is -1.98. The molecule has 4 heteroatoms. The molecule has 3 aromatic carbocycles. The molecule has 0 saturated heterocycles. The molecule has 0 aromatic heterocycles. The number of hydrogen-bond donors (Lipinski definition) is 0. The first-order valence-electron chi connectivity index (χ1n) is 8.18. The van der Waals surface area contributed by atoms with Crippen molar-refractivity contribution in [3.63, 3.8) is 0 Å². The normalized spacial score (nSPS) is 10.0. The van der Waals surface area contributed by atoms with E-state index >= 15 is 0 Å². The van der Waals surface area contributed by atoms with Crippen LogP contribution < -0.4 is 14.2 Å². The highest BCUT2D eigenvalue weighted by Crippen LogP contribution is 2.36. The summed E-state index contributed by atoms with van der Waals surface area (Å²) in [5.74, 6) is 2.00. The monoisotopic (exact) mass is 345 g/mol. The van der Waals surface area contributed by atoms with E-state index in [0.29, 0.717) is 17.9 Å². The van der Waals surface area contributed by atoms with Gasteiger partial charge in [-0.1, -0.05) is 36.4 Å². The molecule has 0 heterocycles. The average molecular weight is 345 g/mol. The second kappa shape index (κ2) is 8.09. The molecule has 4 nitrogen and oxygen atoms in total. The fourth-order valence-corrected chi connectivity index (χ4v) is 2.68. The first-order chi connectivity index (χ1) is 12.7. The van der Waals surface area contributed by atoms with Gasteiger partial charge in [0, 0.05) is 5.56 Å². The maximum atomic E-state index is 9.39. The molecule has 0 aliphatic rings. The van der Waals surface area contributed by atoms with E-state index in [1.807, 2.05) is 60.7 Å². The number of ether oxygens (including phenoxy) is 3. The Balaban J connectivity index is 1.96. The number of nitrogens with zero attached hydrogens (tertiary/aromatic N) is 1. The largest absolute Gasteiger partial charge is 0.497 e. The molecular formula is C22H19NO3. The molecule has 0 N–H and O–H groups in total. The van der Waals surface area contributed by atoms with E-state index in [1.165, 1.54) is 0 Å². The standard InChI is InChI=1S/C22H19NO3/c1-24-19-10-11-21(25-2)20(13-19)17-8-9-18(14-23)22(12-17)26-15-16-6-4-3-5-7-16/h3-13H,15H2,1-2H3. The van der Waals surface area contributed by atoms with Crippen LogP contribution in [0.2, 0.25) is 0 Å². The van der Waals surface area contributed by atoms with Gasteiger partial charge in [0.1, 0.15) is 29.9 Å². The van der Waals surface area contributed by atoms with Gasteiger partial charge in [0.25, 0.3) is 0 Å². The molecule has 0 aliphatic carbocycles. The second-order valence-electron chi connectivity index (χ2n) is 5.66. The average Bonchev–Trinajstić information content (AvgIpc) is 2.72. The predicted octanol–water partition coefficient (Wildman–Crippen LogP) is 4.82. The van der Waals surface area contributed by atoms with Crippen LogP contribution in [0.5, 0.6) is 17.2 Å². The molecule has 0 aliphatic heterocycles. The Kier molecular flexibility index (Phi) is 5.40. The van der Waals surface area contributed by atoms with Gasteiger partial charge in [-0.05, 0) is 41.5 Å². The Morgan fingerprint density at radius 3 is 2.35 bits per heavy atom. The Labute approximate surface area is 153 Å². The van der Waals surface area contributed by atoms with E-state index < -0.39 is 0 Å². The lowest BCUT2D eigenvalue weighted by molar-refractivity contribution is 0.305. The van der Waals surface area contributed by atoms with Crippen LogP contribution in [-0.4, -0.2) is 14.2 Å². The van der Waals surface area contributed by atoms with Crippen molar-refractivity contribution in [1.82, 2.24) is 0 Å². The highest BCUT2D eigenvalue weighted by Gasteiger charge is 2.12. The molecule has 0 amide bonds. The van der Waals surface area contributed by atoms with Crippen molar-refractivity contribution in [3.05, 3.63) is 77.9 Å². The van der Waals surface area contributed by atoms with E-state index in [0.717, 1.165) is 28.2 Å². The quantitative estimate of drug-likeness (QED) is 0.642. The summed E-state index contributed by atoms with van der Waals surface area (Å²) in [6, 6.07) is 23.1. The highest BCUT2D eigenvalue weighted by molar-refractivity contribution is 5.74. The second-order valence-corrected chi connectivity index (χ2v) is 5.66. The Morgan fingerprint density at radius 1 is 0.846 bits per heavy atom. The zero-order chi connectivity index (χ0) is 18.4. The summed E-state index contributed by atoms with van der Waals surface area (Å²) in [6.07, 6.45) is 0. The Hall–Kier alpha value is -3.45. The minimum atomic E-state index is 0.397. The van der Waals surface area contributed by atoms with Crippen molar-refractivity contribution in [2.45, 2.75) is 6.61 Å². The van der Waals surface area contributed by atoms with E-state index in [-0.39, 0.29) is 0 Å². The first kappa shape index (κ1) is 17.4. The SMILES string of the molecule is COc1ccc(OC)c(-c2ccc(C#N)c(OCc3ccccc3)c2)c1. The van der Waals surface area contributed by atoms with Gasteiger partial charge in [-0.15, -0.1) is 0 Å². The van der Waals surface area contributed by atoms with Crippen LogP contribution in [0.3, 0.4) is 0 Å². The fourth-order valence-electron chi connectivity index (χ4n) is 2.68. The van der Waals surface area contributed by atoms with Crippen LogP contribution in [-0.2, 0) is 6.61 Å². The van der Waals surface area contributed by atoms with Crippen molar-refractivity contribution in [2.24, 2.45) is 0 Å². The summed E-state index contributed by atoms with van der Waals surface area (Å²) in [5.41, 5.74) is 3.30. The summed E-state index contributed by atoms with van der Waals surface area (Å²) in [5, 5.41) is 9.39. The molecule has 0 fully saturated rings. The summed E-state index contributed by atoms with van der Waals surface area (Å²) < 4.78 is 16.7. The summed E-state index contributed by atoms with van der Waals surface area (Å²) in [7, 11) is 3.25. The molecule has 0 atom stereocenters. The molecule has 0 bridgehead atoms. The minimum Gasteiger partial charge on any atom is -0.497 e. The van der Waals surface area contributed by atoms with Crippen molar-refractivity contribution < 1.29 is 14.2 Å². The van der Waals surface area contributed by atoms with Crippen LogP contribution in [0.1, 0.15) is 11.1 Å². The molecule has 0 spiro atoms. The first-order valence-corrected chi connectivity index (χ1v) is 8.18. The lowest BCUT2D eigenvalue weighted by Gasteiger charge is -2.13.